The number of benzene rings is 1. The van der Waals surface area contributed by atoms with E-state index < -0.39 is 5.97 Å². The van der Waals surface area contributed by atoms with Gasteiger partial charge in [0.05, 0.1) is 0 Å². The number of para-hydroxylation sites is 1. The van der Waals surface area contributed by atoms with E-state index in [-0.39, 0.29) is 11.3 Å². The zero-order valence-electron chi connectivity index (χ0n) is 9.19. The van der Waals surface area contributed by atoms with Crippen LogP contribution in [0.5, 0.6) is 5.75 Å². The summed E-state index contributed by atoms with van der Waals surface area (Å²) in [7, 11) is 1.21. The van der Waals surface area contributed by atoms with Crippen LogP contribution in [0.15, 0.2) is 35.5 Å². The second kappa shape index (κ2) is 6.84. The van der Waals surface area contributed by atoms with Gasteiger partial charge in [-0.2, -0.15) is 0 Å². The van der Waals surface area contributed by atoms with Crippen molar-refractivity contribution in [1.29, 1.82) is 0 Å². The van der Waals surface area contributed by atoms with E-state index in [9.17, 15) is 4.79 Å². The highest BCUT2D eigenvalue weighted by atomic mass is 28.1. The Kier molecular flexibility index (Phi) is 6.13. The normalized spacial score (nSPS) is 8.67. The van der Waals surface area contributed by atoms with E-state index in [0.717, 1.165) is 0 Å². The molecule has 0 saturated heterocycles. The molecule has 3 nitrogen and oxygen atoms in total. The average Bonchev–Trinajstić information content (AvgIpc) is 2.19. The van der Waals surface area contributed by atoms with Gasteiger partial charge in [-0.1, -0.05) is 17.7 Å². The van der Waals surface area contributed by atoms with Gasteiger partial charge in [0, 0.05) is 10.2 Å². The van der Waals surface area contributed by atoms with E-state index in [1.54, 1.807) is 12.1 Å². The topological polar surface area (TPSA) is 57.5 Å². The van der Waals surface area contributed by atoms with Crippen molar-refractivity contribution in [2.24, 2.45) is 0 Å². The van der Waals surface area contributed by atoms with Crippen LogP contribution in [0.2, 0.25) is 0 Å². The first-order valence-corrected chi connectivity index (χ1v) is 5.75. The van der Waals surface area contributed by atoms with E-state index in [1.807, 2.05) is 0 Å². The summed E-state index contributed by atoms with van der Waals surface area (Å²) < 4.78 is 0. The molecular formula is C11H16O3Si. The SMILES string of the molecule is CC(C)=C[SiH3].O=C(O)c1ccccc1O. The van der Waals surface area contributed by atoms with Crippen molar-refractivity contribution in [2.45, 2.75) is 13.8 Å². The molecule has 0 aliphatic carbocycles. The van der Waals surface area contributed by atoms with Crippen molar-refractivity contribution < 1.29 is 15.0 Å². The van der Waals surface area contributed by atoms with E-state index in [1.165, 1.54) is 27.9 Å². The summed E-state index contributed by atoms with van der Waals surface area (Å²) >= 11 is 0. The van der Waals surface area contributed by atoms with E-state index in [2.05, 4.69) is 19.5 Å². The number of hydrogen-bond donors (Lipinski definition) is 2. The van der Waals surface area contributed by atoms with Crippen LogP contribution >= 0.6 is 0 Å². The molecule has 0 aliphatic heterocycles. The molecule has 0 bridgehead atoms. The Bertz CT molecular complexity index is 355. The molecule has 0 atom stereocenters. The smallest absolute Gasteiger partial charge is 0.339 e. The lowest BCUT2D eigenvalue weighted by Crippen LogP contribution is -1.95. The maximum absolute atomic E-state index is 10.3. The van der Waals surface area contributed by atoms with Crippen molar-refractivity contribution in [2.75, 3.05) is 0 Å². The van der Waals surface area contributed by atoms with Crippen molar-refractivity contribution in [3.05, 3.63) is 41.1 Å². The molecule has 0 saturated carbocycles. The second-order valence-electron chi connectivity index (χ2n) is 3.19. The van der Waals surface area contributed by atoms with Gasteiger partial charge in [0.2, 0.25) is 0 Å². The molecule has 2 N–H and O–H groups in total. The highest BCUT2D eigenvalue weighted by molar-refractivity contribution is 6.17. The average molecular weight is 224 g/mol. The van der Waals surface area contributed by atoms with Gasteiger partial charge in [0.1, 0.15) is 11.3 Å². The predicted octanol–water partition coefficient (Wildman–Crippen LogP) is 1.37. The van der Waals surface area contributed by atoms with Crippen molar-refractivity contribution >= 4 is 16.2 Å². The number of rotatable bonds is 1. The van der Waals surface area contributed by atoms with Crippen LogP contribution in [0.1, 0.15) is 24.2 Å². The highest BCUT2D eigenvalue weighted by Gasteiger charge is 2.05. The third-order valence-electron chi connectivity index (χ3n) is 1.71. The third-order valence-corrected chi connectivity index (χ3v) is 2.87. The Balaban J connectivity index is 0.000000336. The van der Waals surface area contributed by atoms with E-state index in [0.29, 0.717) is 0 Å². The molecule has 4 heteroatoms. The van der Waals surface area contributed by atoms with Gasteiger partial charge in [-0.15, -0.1) is 5.70 Å². The van der Waals surface area contributed by atoms with Crippen molar-refractivity contribution in [1.82, 2.24) is 0 Å². The number of carbonyl (C=O) groups is 1. The molecule has 82 valence electrons. The van der Waals surface area contributed by atoms with Gasteiger partial charge < -0.3 is 10.2 Å². The Morgan fingerprint density at radius 3 is 2.07 bits per heavy atom. The summed E-state index contributed by atoms with van der Waals surface area (Å²) in [6.45, 7) is 4.24. The zero-order chi connectivity index (χ0) is 11.8. The minimum Gasteiger partial charge on any atom is -0.507 e. The molecule has 0 spiro atoms. The van der Waals surface area contributed by atoms with Crippen LogP contribution < -0.4 is 0 Å². The van der Waals surface area contributed by atoms with Crippen LogP contribution in [0.3, 0.4) is 0 Å². The van der Waals surface area contributed by atoms with Gasteiger partial charge >= 0.3 is 5.97 Å². The van der Waals surface area contributed by atoms with E-state index >= 15 is 0 Å². The van der Waals surface area contributed by atoms with Gasteiger partial charge in [-0.25, -0.2) is 4.79 Å². The fourth-order valence-corrected chi connectivity index (χ4v) is 0.654. The molecule has 15 heavy (non-hydrogen) atoms. The molecule has 0 radical (unpaired) electrons. The molecule has 0 unspecified atom stereocenters. The number of aromatic hydroxyl groups is 1. The zero-order valence-corrected chi connectivity index (χ0v) is 11.2. The van der Waals surface area contributed by atoms with Gasteiger partial charge in [0.15, 0.2) is 0 Å². The fourth-order valence-electron chi connectivity index (χ4n) is 0.654. The first kappa shape index (κ1) is 13.4. The van der Waals surface area contributed by atoms with Crippen LogP contribution in [-0.4, -0.2) is 26.4 Å². The minimum atomic E-state index is -1.11. The van der Waals surface area contributed by atoms with Gasteiger partial charge in [-0.05, 0) is 26.0 Å². The Labute approximate surface area is 92.5 Å². The lowest BCUT2D eigenvalue weighted by molar-refractivity contribution is 0.0694. The largest absolute Gasteiger partial charge is 0.507 e. The molecule has 0 aromatic heterocycles. The molecule has 0 fully saturated rings. The summed E-state index contributed by atoms with van der Waals surface area (Å²) in [6, 6.07) is 5.81. The van der Waals surface area contributed by atoms with Crippen LogP contribution in [0.25, 0.3) is 0 Å². The maximum Gasteiger partial charge on any atom is 0.339 e. The van der Waals surface area contributed by atoms with Crippen molar-refractivity contribution in [3.63, 3.8) is 0 Å². The quantitative estimate of drug-likeness (QED) is 0.708. The number of phenols is 1. The Morgan fingerprint density at radius 2 is 1.80 bits per heavy atom. The molecule has 1 aromatic rings. The molecular weight excluding hydrogens is 208 g/mol. The Hall–Kier alpha value is -1.55. The van der Waals surface area contributed by atoms with Crippen molar-refractivity contribution in [3.8, 4) is 5.75 Å². The number of hydrogen-bond acceptors (Lipinski definition) is 2. The summed E-state index contributed by atoms with van der Waals surface area (Å²) in [6.07, 6.45) is 0. The number of allylic oxidation sites excluding steroid dienone is 1. The lowest BCUT2D eigenvalue weighted by atomic mass is 10.2. The monoisotopic (exact) mass is 224 g/mol. The summed E-state index contributed by atoms with van der Waals surface area (Å²) in [5.74, 6) is -1.31. The third kappa shape index (κ3) is 5.69. The summed E-state index contributed by atoms with van der Waals surface area (Å²) in [5.41, 5.74) is 3.60. The molecule has 1 aromatic carbocycles. The molecule has 0 aliphatic rings. The molecule has 1 rings (SSSR count). The molecule has 0 heterocycles. The lowest BCUT2D eigenvalue weighted by Gasteiger charge is -1.95. The first-order valence-electron chi connectivity index (χ1n) is 4.59. The van der Waals surface area contributed by atoms with Crippen LogP contribution in [0.4, 0.5) is 0 Å². The molecule has 0 amide bonds. The summed E-state index contributed by atoms with van der Waals surface area (Å²) in [4.78, 5) is 10.3. The number of aromatic carboxylic acids is 1. The maximum atomic E-state index is 10.3. The fraction of sp³-hybridized carbons (Fsp3) is 0.182. The number of carboxylic acid groups (broad SMARTS) is 1. The highest BCUT2D eigenvalue weighted by Crippen LogP contribution is 2.14. The first-order chi connectivity index (χ1) is 6.99. The van der Waals surface area contributed by atoms with Crippen LogP contribution in [0, 0.1) is 0 Å². The van der Waals surface area contributed by atoms with Crippen LogP contribution in [-0.2, 0) is 0 Å². The predicted molar refractivity (Wildman–Crippen MR) is 64.4 cm³/mol. The Morgan fingerprint density at radius 1 is 1.33 bits per heavy atom. The minimum absolute atomic E-state index is 0.0671. The van der Waals surface area contributed by atoms with E-state index in [4.69, 9.17) is 10.2 Å². The number of carboxylic acids is 1. The summed E-state index contributed by atoms with van der Waals surface area (Å²) in [5, 5.41) is 17.3. The second-order valence-corrected chi connectivity index (χ2v) is 3.77. The standard InChI is InChI=1S/C7H6O3.C4H10Si/c8-6-4-2-1-3-5(6)7(9)10;1-4(2)3-5/h1-4,8H,(H,9,10);3H,1-2,5H3. The van der Waals surface area contributed by atoms with Gasteiger partial charge in [0.25, 0.3) is 0 Å². The van der Waals surface area contributed by atoms with Gasteiger partial charge in [-0.3, -0.25) is 0 Å².